The molecule has 1 saturated heterocycles. The van der Waals surface area contributed by atoms with Crippen molar-refractivity contribution in [2.24, 2.45) is 0 Å². The minimum Gasteiger partial charge on any atom is -0.356 e. The molecule has 1 aliphatic rings. The zero-order valence-corrected chi connectivity index (χ0v) is 15.1. The molecule has 0 atom stereocenters. The molecule has 1 aromatic carbocycles. The lowest BCUT2D eigenvalue weighted by Gasteiger charge is -2.37. The number of nitrogens with zero attached hydrogens (tertiary/aromatic N) is 5. The number of hydrogen-bond donors (Lipinski definition) is 0. The van der Waals surface area contributed by atoms with Gasteiger partial charge in [0, 0.05) is 45.7 Å². The van der Waals surface area contributed by atoms with Gasteiger partial charge >= 0.3 is 0 Å². The number of hydrogen-bond acceptors (Lipinski definition) is 5. The summed E-state index contributed by atoms with van der Waals surface area (Å²) < 4.78 is 27.3. The van der Waals surface area contributed by atoms with Crippen molar-refractivity contribution in [3.05, 3.63) is 30.6 Å². The van der Waals surface area contributed by atoms with E-state index in [9.17, 15) is 8.42 Å². The van der Waals surface area contributed by atoms with Crippen LogP contribution in [-0.2, 0) is 10.2 Å². The molecule has 0 amide bonds. The minimum absolute atomic E-state index is 0.0155. The molecule has 1 fully saturated rings. The van der Waals surface area contributed by atoms with Crippen molar-refractivity contribution in [3.8, 4) is 0 Å². The Bertz CT molecular complexity index is 811. The van der Waals surface area contributed by atoms with Gasteiger partial charge in [-0.25, -0.2) is 9.97 Å². The zero-order chi connectivity index (χ0) is 17.3. The van der Waals surface area contributed by atoms with Crippen molar-refractivity contribution in [1.29, 1.82) is 0 Å². The van der Waals surface area contributed by atoms with Gasteiger partial charge in [0.05, 0.1) is 5.52 Å². The first kappa shape index (κ1) is 17.1. The smallest absolute Gasteiger partial charge is 0.281 e. The highest BCUT2D eigenvalue weighted by Crippen LogP contribution is 2.27. The van der Waals surface area contributed by atoms with Crippen LogP contribution in [0.3, 0.4) is 0 Å². The van der Waals surface area contributed by atoms with Crippen LogP contribution in [0.1, 0.15) is 12.8 Å². The second-order valence-electron chi connectivity index (χ2n) is 6.24. The van der Waals surface area contributed by atoms with Gasteiger partial charge in [-0.3, -0.25) is 0 Å². The lowest BCUT2D eigenvalue weighted by atomic mass is 10.0. The summed E-state index contributed by atoms with van der Waals surface area (Å²) in [6.45, 7) is 1.55. The lowest BCUT2D eigenvalue weighted by Crippen LogP contribution is -2.49. The molecule has 24 heavy (non-hydrogen) atoms. The van der Waals surface area contributed by atoms with Gasteiger partial charge in [0.2, 0.25) is 0 Å². The van der Waals surface area contributed by atoms with Crippen LogP contribution in [0.2, 0.25) is 0 Å². The van der Waals surface area contributed by atoms with Gasteiger partial charge in [0.15, 0.2) is 0 Å². The monoisotopic (exact) mass is 349 g/mol. The largest absolute Gasteiger partial charge is 0.356 e. The van der Waals surface area contributed by atoms with Gasteiger partial charge in [-0.1, -0.05) is 12.1 Å². The van der Waals surface area contributed by atoms with Crippen LogP contribution in [0.5, 0.6) is 0 Å². The molecule has 1 aromatic heterocycles. The van der Waals surface area contributed by atoms with Gasteiger partial charge in [0.1, 0.15) is 12.1 Å². The van der Waals surface area contributed by atoms with E-state index in [4.69, 9.17) is 0 Å². The summed E-state index contributed by atoms with van der Waals surface area (Å²) in [7, 11) is 1.42. The average Bonchev–Trinajstić information content (AvgIpc) is 2.60. The predicted octanol–water partition coefficient (Wildman–Crippen LogP) is 1.34. The van der Waals surface area contributed by atoms with Crippen LogP contribution in [0.15, 0.2) is 30.6 Å². The third kappa shape index (κ3) is 3.09. The third-order valence-electron chi connectivity index (χ3n) is 4.63. The van der Waals surface area contributed by atoms with E-state index in [-0.39, 0.29) is 6.04 Å². The molecule has 0 aliphatic carbocycles. The second-order valence-corrected chi connectivity index (χ2v) is 8.44. The maximum absolute atomic E-state index is 12.3. The van der Waals surface area contributed by atoms with Crippen molar-refractivity contribution in [3.63, 3.8) is 0 Å². The predicted molar refractivity (Wildman–Crippen MR) is 95.1 cm³/mol. The molecule has 1 aliphatic heterocycles. The highest BCUT2D eigenvalue weighted by molar-refractivity contribution is 7.86. The van der Waals surface area contributed by atoms with Crippen LogP contribution in [0.4, 0.5) is 5.82 Å². The highest BCUT2D eigenvalue weighted by atomic mass is 32.2. The number of piperidine rings is 1. The first-order valence-corrected chi connectivity index (χ1v) is 9.41. The Morgan fingerprint density at radius 2 is 1.75 bits per heavy atom. The molecule has 2 aromatic rings. The molecular weight excluding hydrogens is 326 g/mol. The Hall–Kier alpha value is -1.77. The summed E-state index contributed by atoms with van der Waals surface area (Å²) in [5, 5.41) is 1.03. The Balaban J connectivity index is 1.76. The number of fused-ring (bicyclic) bond motifs is 1. The van der Waals surface area contributed by atoms with E-state index in [0.717, 1.165) is 42.7 Å². The van der Waals surface area contributed by atoms with E-state index >= 15 is 0 Å². The average molecular weight is 349 g/mol. The number of benzene rings is 1. The van der Waals surface area contributed by atoms with Gasteiger partial charge in [0.25, 0.3) is 10.2 Å². The molecule has 0 spiro atoms. The molecule has 7 nitrogen and oxygen atoms in total. The Labute approximate surface area is 143 Å². The molecule has 0 bridgehead atoms. The standard InChI is InChI=1S/C16H23N5O2S/c1-19(2)24(22,23)20(3)13-8-10-21(11-9-13)16-14-6-4-5-7-15(14)17-12-18-16/h4-7,12-13H,8-11H2,1-3H3. The van der Waals surface area contributed by atoms with E-state index in [2.05, 4.69) is 14.9 Å². The molecule has 3 rings (SSSR count). The Morgan fingerprint density at radius 3 is 2.42 bits per heavy atom. The van der Waals surface area contributed by atoms with E-state index in [1.807, 2.05) is 24.3 Å². The van der Waals surface area contributed by atoms with Crippen molar-refractivity contribution in [2.45, 2.75) is 18.9 Å². The van der Waals surface area contributed by atoms with E-state index in [0.29, 0.717) is 0 Å². The van der Waals surface area contributed by atoms with Crippen LogP contribution in [-0.4, -0.2) is 67.3 Å². The highest BCUT2D eigenvalue weighted by Gasteiger charge is 2.31. The number of para-hydroxylation sites is 1. The first-order chi connectivity index (χ1) is 11.4. The number of aromatic nitrogens is 2. The minimum atomic E-state index is -3.37. The summed E-state index contributed by atoms with van der Waals surface area (Å²) in [5.74, 6) is 0.928. The summed E-state index contributed by atoms with van der Waals surface area (Å²) in [6, 6.07) is 7.97. The van der Waals surface area contributed by atoms with Crippen LogP contribution >= 0.6 is 0 Å². The van der Waals surface area contributed by atoms with Crippen molar-refractivity contribution >= 4 is 26.9 Å². The van der Waals surface area contributed by atoms with Crippen molar-refractivity contribution < 1.29 is 8.42 Å². The number of anilines is 1. The lowest BCUT2D eigenvalue weighted by molar-refractivity contribution is 0.296. The van der Waals surface area contributed by atoms with E-state index < -0.39 is 10.2 Å². The maximum atomic E-state index is 12.3. The van der Waals surface area contributed by atoms with Gasteiger partial charge < -0.3 is 4.90 Å². The maximum Gasteiger partial charge on any atom is 0.281 e. The van der Waals surface area contributed by atoms with E-state index in [1.165, 1.54) is 8.61 Å². The third-order valence-corrected chi connectivity index (χ3v) is 6.57. The molecule has 8 heteroatoms. The summed E-state index contributed by atoms with van der Waals surface area (Å²) in [5.41, 5.74) is 0.928. The Kier molecular flexibility index (Phi) is 4.71. The zero-order valence-electron chi connectivity index (χ0n) is 14.3. The SMILES string of the molecule is CN(C)S(=O)(=O)N(C)C1CCN(c2ncnc3ccccc23)CC1. The van der Waals surface area contributed by atoms with Gasteiger partial charge in [-0.15, -0.1) is 0 Å². The molecule has 2 heterocycles. The molecule has 0 radical (unpaired) electrons. The Morgan fingerprint density at radius 1 is 1.08 bits per heavy atom. The van der Waals surface area contributed by atoms with E-state index in [1.54, 1.807) is 27.5 Å². The normalized spacial score (nSPS) is 17.1. The van der Waals surface area contributed by atoms with Gasteiger partial charge in [-0.05, 0) is 25.0 Å². The topological polar surface area (TPSA) is 69.6 Å². The van der Waals surface area contributed by atoms with Crippen LogP contribution in [0.25, 0.3) is 10.9 Å². The first-order valence-electron chi connectivity index (χ1n) is 8.01. The molecule has 0 unspecified atom stereocenters. The van der Waals surface area contributed by atoms with Crippen molar-refractivity contribution in [2.75, 3.05) is 39.1 Å². The quantitative estimate of drug-likeness (QED) is 0.833. The summed E-state index contributed by atoms with van der Waals surface area (Å²) >= 11 is 0. The molecule has 130 valence electrons. The number of rotatable bonds is 4. The molecular formula is C16H23N5O2S. The van der Waals surface area contributed by atoms with Crippen molar-refractivity contribution in [1.82, 2.24) is 18.6 Å². The van der Waals surface area contributed by atoms with Gasteiger partial charge in [-0.2, -0.15) is 17.0 Å². The second kappa shape index (κ2) is 6.62. The van der Waals surface area contributed by atoms with Crippen LogP contribution < -0.4 is 4.90 Å². The summed E-state index contributed by atoms with van der Waals surface area (Å²) in [6.07, 6.45) is 3.15. The molecule has 0 N–H and O–H groups in total. The fourth-order valence-corrected chi connectivity index (χ4v) is 4.23. The molecule has 0 saturated carbocycles. The summed E-state index contributed by atoms with van der Waals surface area (Å²) in [4.78, 5) is 11.0. The van der Waals surface area contributed by atoms with Crippen LogP contribution in [0, 0.1) is 0 Å². The fourth-order valence-electron chi connectivity index (χ4n) is 3.13. The fraction of sp³-hybridized carbons (Fsp3) is 0.500.